The summed E-state index contributed by atoms with van der Waals surface area (Å²) < 4.78 is 1.94. The Labute approximate surface area is 110 Å². The zero-order chi connectivity index (χ0) is 13.8. The second-order valence-corrected chi connectivity index (χ2v) is 6.10. The molecule has 0 saturated carbocycles. The van der Waals surface area contributed by atoms with Crippen LogP contribution in [0.25, 0.3) is 0 Å². The molecule has 0 aromatic carbocycles. The van der Waals surface area contributed by atoms with Crippen molar-refractivity contribution in [2.24, 2.45) is 17.2 Å². The molecule has 3 N–H and O–H groups in total. The molecule has 0 aliphatic carbocycles. The van der Waals surface area contributed by atoms with Gasteiger partial charge in [0.1, 0.15) is 0 Å². The molecule has 0 radical (unpaired) electrons. The average Bonchev–Trinajstić information content (AvgIpc) is 2.73. The van der Waals surface area contributed by atoms with E-state index in [4.69, 9.17) is 5.84 Å². The summed E-state index contributed by atoms with van der Waals surface area (Å²) >= 11 is 0. The zero-order valence-corrected chi connectivity index (χ0v) is 12.3. The van der Waals surface area contributed by atoms with Crippen LogP contribution in [0.15, 0.2) is 6.20 Å². The van der Waals surface area contributed by atoms with E-state index in [0.717, 1.165) is 25.1 Å². The van der Waals surface area contributed by atoms with Crippen LogP contribution >= 0.6 is 0 Å². The summed E-state index contributed by atoms with van der Waals surface area (Å²) in [6.07, 6.45) is 3.84. The maximum absolute atomic E-state index is 5.70. The molecule has 1 rings (SSSR count). The number of aromatic nitrogens is 3. The van der Waals surface area contributed by atoms with Gasteiger partial charge in [-0.25, -0.2) is 4.68 Å². The summed E-state index contributed by atoms with van der Waals surface area (Å²) in [5.41, 5.74) is 4.26. The van der Waals surface area contributed by atoms with Gasteiger partial charge in [0.05, 0.1) is 17.9 Å². The van der Waals surface area contributed by atoms with E-state index in [1.807, 2.05) is 10.9 Å². The van der Waals surface area contributed by atoms with Gasteiger partial charge in [0.25, 0.3) is 0 Å². The molecule has 5 nitrogen and oxygen atoms in total. The molecular formula is C13H27N5. The van der Waals surface area contributed by atoms with Crippen LogP contribution in [0, 0.1) is 11.3 Å². The summed E-state index contributed by atoms with van der Waals surface area (Å²) in [6.45, 7) is 12.1. The lowest BCUT2D eigenvalue weighted by atomic mass is 9.78. The van der Waals surface area contributed by atoms with Crippen LogP contribution in [0.5, 0.6) is 0 Å². The first-order valence-corrected chi connectivity index (χ1v) is 6.74. The third kappa shape index (κ3) is 3.78. The predicted molar refractivity (Wildman–Crippen MR) is 73.6 cm³/mol. The third-order valence-electron chi connectivity index (χ3n) is 3.71. The van der Waals surface area contributed by atoms with Gasteiger partial charge < -0.3 is 0 Å². The number of hydrogen-bond donors (Lipinski definition) is 2. The largest absolute Gasteiger partial charge is 0.271 e. The van der Waals surface area contributed by atoms with Crippen LogP contribution in [0.4, 0.5) is 0 Å². The minimum atomic E-state index is 0.112. The first-order chi connectivity index (χ1) is 8.40. The molecule has 2 atom stereocenters. The van der Waals surface area contributed by atoms with E-state index < -0.39 is 0 Å². The van der Waals surface area contributed by atoms with Crippen LogP contribution in [0.1, 0.15) is 59.2 Å². The van der Waals surface area contributed by atoms with E-state index >= 15 is 0 Å². The second-order valence-electron chi connectivity index (χ2n) is 6.10. The number of hydrogen-bond acceptors (Lipinski definition) is 4. The molecule has 5 heteroatoms. The molecule has 1 aromatic heterocycles. The SMILES string of the molecule is CCCn1nncc1C(CC(C)C(C)(C)C)NN. The first kappa shape index (κ1) is 15.1. The highest BCUT2D eigenvalue weighted by molar-refractivity contribution is 5.02. The fraction of sp³-hybridized carbons (Fsp3) is 0.846. The minimum Gasteiger partial charge on any atom is -0.271 e. The van der Waals surface area contributed by atoms with Gasteiger partial charge in [-0.15, -0.1) is 5.10 Å². The van der Waals surface area contributed by atoms with Crippen molar-refractivity contribution >= 4 is 0 Å². The van der Waals surface area contributed by atoms with Crippen molar-refractivity contribution in [3.8, 4) is 0 Å². The fourth-order valence-electron chi connectivity index (χ4n) is 1.90. The van der Waals surface area contributed by atoms with Gasteiger partial charge in [0.15, 0.2) is 0 Å². The van der Waals surface area contributed by atoms with E-state index in [9.17, 15) is 0 Å². The van der Waals surface area contributed by atoms with Gasteiger partial charge in [-0.2, -0.15) is 0 Å². The molecule has 0 amide bonds. The van der Waals surface area contributed by atoms with Crippen molar-refractivity contribution in [2.45, 2.75) is 60.0 Å². The van der Waals surface area contributed by atoms with Crippen LogP contribution < -0.4 is 11.3 Å². The summed E-state index contributed by atoms with van der Waals surface area (Å²) in [7, 11) is 0. The molecule has 0 spiro atoms. The lowest BCUT2D eigenvalue weighted by molar-refractivity contribution is 0.220. The number of nitrogens with one attached hydrogen (secondary N) is 1. The number of hydrazine groups is 1. The van der Waals surface area contributed by atoms with Crippen LogP contribution in [-0.4, -0.2) is 15.0 Å². The molecule has 0 fully saturated rings. The van der Waals surface area contributed by atoms with Crippen LogP contribution in [-0.2, 0) is 6.54 Å². The Bertz CT molecular complexity index is 353. The van der Waals surface area contributed by atoms with Crippen molar-refractivity contribution < 1.29 is 0 Å². The molecular weight excluding hydrogens is 226 g/mol. The topological polar surface area (TPSA) is 68.8 Å². The van der Waals surface area contributed by atoms with Crippen molar-refractivity contribution in [1.82, 2.24) is 20.4 Å². The van der Waals surface area contributed by atoms with Crippen LogP contribution in [0.2, 0.25) is 0 Å². The van der Waals surface area contributed by atoms with Crippen molar-refractivity contribution in [2.75, 3.05) is 0 Å². The lowest BCUT2D eigenvalue weighted by Gasteiger charge is -2.30. The Balaban J connectivity index is 2.80. The van der Waals surface area contributed by atoms with Crippen LogP contribution in [0.3, 0.4) is 0 Å². The lowest BCUT2D eigenvalue weighted by Crippen LogP contribution is -2.33. The number of aryl methyl sites for hydroxylation is 1. The van der Waals surface area contributed by atoms with Gasteiger partial charge in [-0.05, 0) is 24.2 Å². The van der Waals surface area contributed by atoms with E-state index in [0.29, 0.717) is 5.92 Å². The Morgan fingerprint density at radius 1 is 1.44 bits per heavy atom. The van der Waals surface area contributed by atoms with Crippen molar-refractivity contribution in [3.63, 3.8) is 0 Å². The molecule has 18 heavy (non-hydrogen) atoms. The van der Waals surface area contributed by atoms with Gasteiger partial charge in [0, 0.05) is 6.54 Å². The Morgan fingerprint density at radius 3 is 2.61 bits per heavy atom. The summed E-state index contributed by atoms with van der Waals surface area (Å²) in [5.74, 6) is 6.26. The molecule has 0 aliphatic heterocycles. The van der Waals surface area contributed by atoms with Gasteiger partial charge in [0.2, 0.25) is 0 Å². The molecule has 104 valence electrons. The van der Waals surface area contributed by atoms with Gasteiger partial charge in [-0.3, -0.25) is 11.3 Å². The van der Waals surface area contributed by atoms with E-state index in [1.165, 1.54) is 0 Å². The van der Waals surface area contributed by atoms with E-state index in [2.05, 4.69) is 50.4 Å². The molecule has 0 aliphatic rings. The molecule has 2 unspecified atom stereocenters. The molecule has 1 heterocycles. The predicted octanol–water partition coefficient (Wildman–Crippen LogP) is 2.26. The van der Waals surface area contributed by atoms with E-state index in [-0.39, 0.29) is 11.5 Å². The Hall–Kier alpha value is -0.940. The van der Waals surface area contributed by atoms with Crippen molar-refractivity contribution in [3.05, 3.63) is 11.9 Å². The number of nitrogens with two attached hydrogens (primary N) is 1. The molecule has 0 bridgehead atoms. The third-order valence-corrected chi connectivity index (χ3v) is 3.71. The number of rotatable bonds is 6. The Kier molecular flexibility index (Phi) is 5.28. The zero-order valence-electron chi connectivity index (χ0n) is 12.3. The maximum atomic E-state index is 5.70. The smallest absolute Gasteiger partial charge is 0.0770 e. The standard InChI is InChI=1S/C13H27N5/c1-6-7-18-12(9-15-17-18)11(16-14)8-10(2)13(3,4)5/h9-11,16H,6-8,14H2,1-5H3. The summed E-state index contributed by atoms with van der Waals surface area (Å²) in [6, 6.07) is 0.112. The summed E-state index contributed by atoms with van der Waals surface area (Å²) in [5, 5.41) is 8.11. The first-order valence-electron chi connectivity index (χ1n) is 6.74. The van der Waals surface area contributed by atoms with Gasteiger partial charge in [-0.1, -0.05) is 39.8 Å². The highest BCUT2D eigenvalue weighted by Gasteiger charge is 2.25. The van der Waals surface area contributed by atoms with Gasteiger partial charge >= 0.3 is 0 Å². The molecule has 0 saturated heterocycles. The fourth-order valence-corrected chi connectivity index (χ4v) is 1.90. The highest BCUT2D eigenvalue weighted by atomic mass is 15.4. The molecule has 1 aromatic rings. The number of nitrogens with zero attached hydrogens (tertiary/aromatic N) is 3. The highest BCUT2D eigenvalue weighted by Crippen LogP contribution is 2.32. The maximum Gasteiger partial charge on any atom is 0.0770 e. The minimum absolute atomic E-state index is 0.112. The Morgan fingerprint density at radius 2 is 2.11 bits per heavy atom. The average molecular weight is 253 g/mol. The quantitative estimate of drug-likeness (QED) is 0.603. The van der Waals surface area contributed by atoms with Crippen molar-refractivity contribution in [1.29, 1.82) is 0 Å². The monoisotopic (exact) mass is 253 g/mol. The summed E-state index contributed by atoms with van der Waals surface area (Å²) in [4.78, 5) is 0. The second kappa shape index (κ2) is 6.29. The van der Waals surface area contributed by atoms with E-state index in [1.54, 1.807) is 0 Å². The normalized spacial score (nSPS) is 15.7.